The van der Waals surface area contributed by atoms with Gasteiger partial charge in [0.05, 0.1) is 7.11 Å². The van der Waals surface area contributed by atoms with Gasteiger partial charge in [0.1, 0.15) is 11.5 Å². The number of carbonyl (C=O) groups excluding carboxylic acids is 1. The van der Waals surface area contributed by atoms with Gasteiger partial charge in [-0.1, -0.05) is 43.3 Å². The molecule has 0 saturated heterocycles. The topological polar surface area (TPSA) is 47.6 Å². The second-order valence-corrected chi connectivity index (χ2v) is 6.73. The van der Waals surface area contributed by atoms with E-state index in [1.54, 1.807) is 13.2 Å². The molecule has 1 amide bonds. The largest absolute Gasteiger partial charge is 0.497 e. The Morgan fingerprint density at radius 2 is 1.76 bits per heavy atom. The predicted molar refractivity (Wildman–Crippen MR) is 100 cm³/mol. The fourth-order valence-corrected chi connectivity index (χ4v) is 2.73. The van der Waals surface area contributed by atoms with Crippen LogP contribution in [-0.4, -0.2) is 24.7 Å². The lowest BCUT2D eigenvalue weighted by Gasteiger charge is -2.29. The lowest BCUT2D eigenvalue weighted by atomic mass is 9.94. The van der Waals surface area contributed by atoms with Crippen molar-refractivity contribution >= 4 is 5.91 Å². The molecule has 0 radical (unpaired) electrons. The zero-order chi connectivity index (χ0) is 18.3. The normalized spacial score (nSPS) is 12.3. The quantitative estimate of drug-likeness (QED) is 0.790. The fourth-order valence-electron chi connectivity index (χ4n) is 2.73. The van der Waals surface area contributed by atoms with Crippen LogP contribution < -0.4 is 14.8 Å². The van der Waals surface area contributed by atoms with Gasteiger partial charge in [0.15, 0.2) is 6.10 Å². The molecule has 0 heterocycles. The Balaban J connectivity index is 2.00. The second kappa shape index (κ2) is 8.56. The number of hydrogen-bond donors (Lipinski definition) is 1. The molecule has 0 spiro atoms. The van der Waals surface area contributed by atoms with E-state index in [0.29, 0.717) is 17.9 Å². The third kappa shape index (κ3) is 5.82. The van der Waals surface area contributed by atoms with Crippen molar-refractivity contribution in [2.75, 3.05) is 7.11 Å². The van der Waals surface area contributed by atoms with Crippen LogP contribution in [-0.2, 0) is 11.2 Å². The molecule has 0 aliphatic carbocycles. The zero-order valence-electron chi connectivity index (χ0n) is 15.4. The number of benzene rings is 2. The van der Waals surface area contributed by atoms with E-state index < -0.39 is 6.10 Å². The first-order valence-corrected chi connectivity index (χ1v) is 8.60. The molecule has 0 aliphatic rings. The van der Waals surface area contributed by atoms with Crippen LogP contribution in [0.4, 0.5) is 0 Å². The number of amides is 1. The standard InChI is InChI=1S/C21H27NO3/c1-5-19(25-18-13-9-12-17(14-18)24-4)20(23)22-21(2,3)15-16-10-7-6-8-11-16/h6-14,19H,5,15H2,1-4H3,(H,22,23). The second-order valence-electron chi connectivity index (χ2n) is 6.73. The first-order valence-electron chi connectivity index (χ1n) is 8.60. The maximum absolute atomic E-state index is 12.7. The average molecular weight is 341 g/mol. The Bertz CT molecular complexity index is 683. The molecule has 4 nitrogen and oxygen atoms in total. The number of hydrogen-bond acceptors (Lipinski definition) is 3. The smallest absolute Gasteiger partial charge is 0.261 e. The number of methoxy groups -OCH3 is 1. The minimum atomic E-state index is -0.540. The van der Waals surface area contributed by atoms with Crippen molar-refractivity contribution in [1.29, 1.82) is 0 Å². The number of ether oxygens (including phenoxy) is 2. The summed E-state index contributed by atoms with van der Waals surface area (Å²) in [4.78, 5) is 12.7. The summed E-state index contributed by atoms with van der Waals surface area (Å²) in [5, 5.41) is 3.11. The Morgan fingerprint density at radius 1 is 1.08 bits per heavy atom. The maximum atomic E-state index is 12.7. The van der Waals surface area contributed by atoms with Gasteiger partial charge in [0.25, 0.3) is 5.91 Å². The van der Waals surface area contributed by atoms with Crippen molar-refractivity contribution in [3.8, 4) is 11.5 Å². The van der Waals surface area contributed by atoms with Crippen molar-refractivity contribution in [1.82, 2.24) is 5.32 Å². The lowest BCUT2D eigenvalue weighted by molar-refractivity contribution is -0.129. The van der Waals surface area contributed by atoms with Crippen molar-refractivity contribution < 1.29 is 14.3 Å². The van der Waals surface area contributed by atoms with Crippen LogP contribution in [0, 0.1) is 0 Å². The van der Waals surface area contributed by atoms with Crippen LogP contribution in [0.15, 0.2) is 54.6 Å². The number of carbonyl (C=O) groups is 1. The number of rotatable bonds is 8. The third-order valence-electron chi connectivity index (χ3n) is 3.93. The van der Waals surface area contributed by atoms with Gasteiger partial charge >= 0.3 is 0 Å². The monoisotopic (exact) mass is 341 g/mol. The molecule has 0 aliphatic heterocycles. The van der Waals surface area contributed by atoms with Crippen LogP contribution >= 0.6 is 0 Å². The third-order valence-corrected chi connectivity index (χ3v) is 3.93. The van der Waals surface area contributed by atoms with Crippen molar-refractivity contribution in [2.45, 2.75) is 45.3 Å². The Morgan fingerprint density at radius 3 is 2.40 bits per heavy atom. The molecule has 4 heteroatoms. The van der Waals surface area contributed by atoms with Gasteiger partial charge in [0.2, 0.25) is 0 Å². The first kappa shape index (κ1) is 18.8. The van der Waals surface area contributed by atoms with Gasteiger partial charge in [-0.3, -0.25) is 4.79 Å². The van der Waals surface area contributed by atoms with Crippen LogP contribution in [0.2, 0.25) is 0 Å². The Kier molecular flexibility index (Phi) is 6.45. The van der Waals surface area contributed by atoms with E-state index in [4.69, 9.17) is 9.47 Å². The van der Waals surface area contributed by atoms with Crippen LogP contribution in [0.3, 0.4) is 0 Å². The molecule has 1 unspecified atom stereocenters. The molecule has 2 aromatic rings. The summed E-state index contributed by atoms with van der Waals surface area (Å²) in [5.74, 6) is 1.23. The Labute approximate surface area is 150 Å². The fraction of sp³-hybridized carbons (Fsp3) is 0.381. The summed E-state index contributed by atoms with van der Waals surface area (Å²) < 4.78 is 11.1. The molecular weight excluding hydrogens is 314 g/mol. The highest BCUT2D eigenvalue weighted by atomic mass is 16.5. The van der Waals surface area contributed by atoms with Gasteiger partial charge in [-0.05, 0) is 44.4 Å². The number of nitrogens with one attached hydrogen (secondary N) is 1. The Hall–Kier alpha value is -2.49. The van der Waals surface area contributed by atoms with Gasteiger partial charge < -0.3 is 14.8 Å². The van der Waals surface area contributed by atoms with E-state index >= 15 is 0 Å². The van der Waals surface area contributed by atoms with Crippen LogP contribution in [0.25, 0.3) is 0 Å². The highest BCUT2D eigenvalue weighted by molar-refractivity contribution is 5.81. The van der Waals surface area contributed by atoms with Gasteiger partial charge in [0, 0.05) is 11.6 Å². The minimum Gasteiger partial charge on any atom is -0.497 e. The zero-order valence-corrected chi connectivity index (χ0v) is 15.4. The molecule has 2 aromatic carbocycles. The van der Waals surface area contributed by atoms with E-state index in [1.165, 1.54) is 5.56 Å². The molecule has 2 rings (SSSR count). The minimum absolute atomic E-state index is 0.105. The molecule has 0 bridgehead atoms. The molecule has 1 N–H and O–H groups in total. The van der Waals surface area contributed by atoms with E-state index in [9.17, 15) is 4.79 Å². The van der Waals surface area contributed by atoms with Gasteiger partial charge in [-0.2, -0.15) is 0 Å². The summed E-state index contributed by atoms with van der Waals surface area (Å²) in [6.45, 7) is 5.99. The summed E-state index contributed by atoms with van der Waals surface area (Å²) in [6, 6.07) is 17.4. The van der Waals surface area contributed by atoms with E-state index in [1.807, 2.05) is 57.2 Å². The van der Waals surface area contributed by atoms with E-state index in [2.05, 4.69) is 17.4 Å². The van der Waals surface area contributed by atoms with Crippen LogP contribution in [0.1, 0.15) is 32.8 Å². The summed E-state index contributed by atoms with van der Waals surface area (Å²) in [7, 11) is 1.61. The molecular formula is C21H27NO3. The highest BCUT2D eigenvalue weighted by Gasteiger charge is 2.26. The molecule has 25 heavy (non-hydrogen) atoms. The maximum Gasteiger partial charge on any atom is 0.261 e. The first-order chi connectivity index (χ1) is 11.9. The molecule has 134 valence electrons. The van der Waals surface area contributed by atoms with Crippen molar-refractivity contribution in [2.24, 2.45) is 0 Å². The SMILES string of the molecule is CCC(Oc1cccc(OC)c1)C(=O)NC(C)(C)Cc1ccccc1. The summed E-state index contributed by atoms with van der Waals surface area (Å²) >= 11 is 0. The predicted octanol–water partition coefficient (Wildman–Crippen LogP) is 3.99. The molecule has 1 atom stereocenters. The van der Waals surface area contributed by atoms with Crippen molar-refractivity contribution in [3.05, 3.63) is 60.2 Å². The average Bonchev–Trinajstić information content (AvgIpc) is 2.59. The van der Waals surface area contributed by atoms with E-state index in [0.717, 1.165) is 6.42 Å². The van der Waals surface area contributed by atoms with Gasteiger partial charge in [-0.25, -0.2) is 0 Å². The summed E-state index contributed by atoms with van der Waals surface area (Å²) in [5.41, 5.74) is 0.832. The van der Waals surface area contributed by atoms with Gasteiger partial charge in [-0.15, -0.1) is 0 Å². The lowest BCUT2D eigenvalue weighted by Crippen LogP contribution is -2.50. The van der Waals surface area contributed by atoms with Crippen LogP contribution in [0.5, 0.6) is 11.5 Å². The molecule has 0 aromatic heterocycles. The van der Waals surface area contributed by atoms with E-state index in [-0.39, 0.29) is 11.4 Å². The molecule has 0 saturated carbocycles. The highest BCUT2D eigenvalue weighted by Crippen LogP contribution is 2.21. The molecule has 0 fully saturated rings. The van der Waals surface area contributed by atoms with Crippen molar-refractivity contribution in [3.63, 3.8) is 0 Å². The summed E-state index contributed by atoms with van der Waals surface area (Å²) in [6.07, 6.45) is 0.807.